The van der Waals surface area contributed by atoms with Crippen molar-refractivity contribution in [3.63, 3.8) is 0 Å². The lowest BCUT2D eigenvalue weighted by atomic mass is 10.2. The molecule has 0 fully saturated rings. The van der Waals surface area contributed by atoms with E-state index in [1.165, 1.54) is 0 Å². The first-order chi connectivity index (χ1) is 9.45. The van der Waals surface area contributed by atoms with E-state index in [4.69, 9.17) is 0 Å². The molecule has 5 nitrogen and oxygen atoms in total. The van der Waals surface area contributed by atoms with Crippen LogP contribution in [0.15, 0.2) is 6.33 Å². The zero-order valence-corrected chi connectivity index (χ0v) is 13.8. The summed E-state index contributed by atoms with van der Waals surface area (Å²) >= 11 is 0. The minimum absolute atomic E-state index is 0.606. The Hall–Kier alpha value is -1.36. The van der Waals surface area contributed by atoms with E-state index >= 15 is 0 Å². The molecule has 114 valence electrons. The smallest absolute Gasteiger partial charge is 0.137 e. The number of aromatic nitrogens is 2. The van der Waals surface area contributed by atoms with Crippen LogP contribution in [0.25, 0.3) is 0 Å². The van der Waals surface area contributed by atoms with Gasteiger partial charge in [-0.15, -0.1) is 0 Å². The Morgan fingerprint density at radius 2 is 1.90 bits per heavy atom. The number of rotatable bonds is 8. The van der Waals surface area contributed by atoms with Gasteiger partial charge in [-0.2, -0.15) is 0 Å². The minimum Gasteiger partial charge on any atom is -0.370 e. The van der Waals surface area contributed by atoms with E-state index < -0.39 is 0 Å². The Morgan fingerprint density at radius 3 is 2.45 bits per heavy atom. The molecule has 5 heteroatoms. The van der Waals surface area contributed by atoms with Gasteiger partial charge in [-0.25, -0.2) is 9.97 Å². The summed E-state index contributed by atoms with van der Waals surface area (Å²) in [5, 5.41) is 3.30. The van der Waals surface area contributed by atoms with Gasteiger partial charge in [-0.05, 0) is 33.9 Å². The molecular formula is C15H29N5. The molecule has 0 aliphatic heterocycles. The van der Waals surface area contributed by atoms with E-state index in [-0.39, 0.29) is 0 Å². The normalized spacial score (nSPS) is 11.2. The van der Waals surface area contributed by atoms with Crippen molar-refractivity contribution < 1.29 is 0 Å². The summed E-state index contributed by atoms with van der Waals surface area (Å²) in [4.78, 5) is 13.4. The summed E-state index contributed by atoms with van der Waals surface area (Å²) < 4.78 is 0. The molecular weight excluding hydrogens is 250 g/mol. The summed E-state index contributed by atoms with van der Waals surface area (Å²) in [6.07, 6.45) is 1.66. The molecule has 0 aliphatic carbocycles. The molecule has 0 bridgehead atoms. The maximum atomic E-state index is 4.51. The summed E-state index contributed by atoms with van der Waals surface area (Å²) in [7, 11) is 4.20. The molecule has 1 aromatic rings. The fourth-order valence-corrected chi connectivity index (χ4v) is 2.15. The van der Waals surface area contributed by atoms with Gasteiger partial charge < -0.3 is 15.1 Å². The molecule has 0 aromatic carbocycles. The lowest BCUT2D eigenvalue weighted by Gasteiger charge is -2.28. The third-order valence-corrected chi connectivity index (χ3v) is 3.10. The number of nitrogens with one attached hydrogen (secondary N) is 1. The monoisotopic (exact) mass is 279 g/mol. The highest BCUT2D eigenvalue weighted by Crippen LogP contribution is 2.22. The highest BCUT2D eigenvalue weighted by Gasteiger charge is 2.15. The van der Waals surface area contributed by atoms with Gasteiger partial charge in [-0.3, -0.25) is 0 Å². The molecule has 0 atom stereocenters. The van der Waals surface area contributed by atoms with Crippen molar-refractivity contribution in [1.29, 1.82) is 0 Å². The molecule has 0 spiro atoms. The fourth-order valence-electron chi connectivity index (χ4n) is 2.15. The average molecular weight is 279 g/mol. The Labute approximate surface area is 123 Å². The molecule has 0 saturated carbocycles. The van der Waals surface area contributed by atoms with Gasteiger partial charge in [0.15, 0.2) is 0 Å². The number of hydrogen-bond donors (Lipinski definition) is 1. The second-order valence-corrected chi connectivity index (χ2v) is 5.84. The van der Waals surface area contributed by atoms with E-state index in [0.717, 1.165) is 43.4 Å². The van der Waals surface area contributed by atoms with Crippen molar-refractivity contribution in [2.75, 3.05) is 50.5 Å². The van der Waals surface area contributed by atoms with Crippen molar-refractivity contribution in [3.05, 3.63) is 11.9 Å². The molecule has 1 aromatic heterocycles. The van der Waals surface area contributed by atoms with Gasteiger partial charge in [0.1, 0.15) is 18.0 Å². The summed E-state index contributed by atoms with van der Waals surface area (Å²) in [5.41, 5.74) is 1.13. The van der Waals surface area contributed by atoms with Crippen LogP contribution >= 0.6 is 0 Å². The standard InChI is InChI=1S/C15H29N5/c1-7-16-14-13(4)15(18-11-17-14)20(10-12(2)3)9-8-19(5)6/h11-12H,7-10H2,1-6H3,(H,16,17,18). The zero-order chi connectivity index (χ0) is 15.1. The number of nitrogens with zero attached hydrogens (tertiary/aromatic N) is 4. The molecule has 0 unspecified atom stereocenters. The topological polar surface area (TPSA) is 44.3 Å². The van der Waals surface area contributed by atoms with Crippen molar-refractivity contribution in [2.24, 2.45) is 5.92 Å². The predicted molar refractivity (Wildman–Crippen MR) is 86.5 cm³/mol. The van der Waals surface area contributed by atoms with E-state index in [2.05, 4.69) is 66.9 Å². The largest absolute Gasteiger partial charge is 0.370 e. The predicted octanol–water partition coefficient (Wildman–Crippen LogP) is 2.24. The lowest BCUT2D eigenvalue weighted by Crippen LogP contribution is -2.35. The van der Waals surface area contributed by atoms with E-state index in [1.54, 1.807) is 6.33 Å². The van der Waals surface area contributed by atoms with Crippen molar-refractivity contribution in [3.8, 4) is 0 Å². The summed E-state index contributed by atoms with van der Waals surface area (Å²) in [5.74, 6) is 2.59. The van der Waals surface area contributed by atoms with Gasteiger partial charge in [0.05, 0.1) is 0 Å². The van der Waals surface area contributed by atoms with E-state index in [1.807, 2.05) is 0 Å². The SMILES string of the molecule is CCNc1ncnc(N(CCN(C)C)CC(C)C)c1C. The number of anilines is 2. The highest BCUT2D eigenvalue weighted by atomic mass is 15.2. The molecule has 1 heterocycles. The summed E-state index contributed by atoms with van der Waals surface area (Å²) in [6, 6.07) is 0. The first kappa shape index (κ1) is 16.7. The van der Waals surface area contributed by atoms with Crippen molar-refractivity contribution in [1.82, 2.24) is 14.9 Å². The van der Waals surface area contributed by atoms with Gasteiger partial charge in [0.25, 0.3) is 0 Å². The minimum atomic E-state index is 0.606. The van der Waals surface area contributed by atoms with Crippen LogP contribution in [0.4, 0.5) is 11.6 Å². The first-order valence-electron chi connectivity index (χ1n) is 7.40. The third kappa shape index (κ3) is 4.96. The maximum absolute atomic E-state index is 4.51. The van der Waals surface area contributed by atoms with Crippen LogP contribution < -0.4 is 10.2 Å². The van der Waals surface area contributed by atoms with Crippen molar-refractivity contribution >= 4 is 11.6 Å². The quantitative estimate of drug-likeness (QED) is 0.790. The van der Waals surface area contributed by atoms with Gasteiger partial charge in [0, 0.05) is 31.7 Å². The summed E-state index contributed by atoms with van der Waals surface area (Å²) in [6.45, 7) is 12.5. The molecule has 0 amide bonds. The van der Waals surface area contributed by atoms with Crippen LogP contribution in [0, 0.1) is 12.8 Å². The Bertz CT molecular complexity index is 403. The molecule has 1 N–H and O–H groups in total. The molecule has 0 saturated heterocycles. The molecule has 20 heavy (non-hydrogen) atoms. The van der Waals surface area contributed by atoms with Crippen molar-refractivity contribution in [2.45, 2.75) is 27.7 Å². The van der Waals surface area contributed by atoms with Crippen LogP contribution in [-0.2, 0) is 0 Å². The lowest BCUT2D eigenvalue weighted by molar-refractivity contribution is 0.408. The average Bonchev–Trinajstić information content (AvgIpc) is 2.37. The van der Waals surface area contributed by atoms with Gasteiger partial charge in [-0.1, -0.05) is 13.8 Å². The zero-order valence-electron chi connectivity index (χ0n) is 13.8. The Morgan fingerprint density at radius 1 is 1.20 bits per heavy atom. The maximum Gasteiger partial charge on any atom is 0.137 e. The second kappa shape index (κ2) is 8.04. The van der Waals surface area contributed by atoms with Crippen LogP contribution in [0.5, 0.6) is 0 Å². The molecule has 1 rings (SSSR count). The van der Waals surface area contributed by atoms with Gasteiger partial charge in [0.2, 0.25) is 0 Å². The Balaban J connectivity index is 2.96. The van der Waals surface area contributed by atoms with Crippen LogP contribution in [-0.4, -0.2) is 55.1 Å². The first-order valence-corrected chi connectivity index (χ1v) is 7.40. The third-order valence-electron chi connectivity index (χ3n) is 3.10. The van der Waals surface area contributed by atoms with Crippen LogP contribution in [0.2, 0.25) is 0 Å². The van der Waals surface area contributed by atoms with E-state index in [9.17, 15) is 0 Å². The molecule has 0 radical (unpaired) electrons. The number of hydrogen-bond acceptors (Lipinski definition) is 5. The van der Waals surface area contributed by atoms with E-state index in [0.29, 0.717) is 5.92 Å². The van der Waals surface area contributed by atoms with Crippen LogP contribution in [0.3, 0.4) is 0 Å². The second-order valence-electron chi connectivity index (χ2n) is 5.84. The molecule has 0 aliphatic rings. The van der Waals surface area contributed by atoms with Crippen LogP contribution in [0.1, 0.15) is 26.3 Å². The number of likely N-dealkylation sites (N-methyl/N-ethyl adjacent to an activating group) is 1. The Kier molecular flexibility index (Phi) is 6.71. The fraction of sp³-hybridized carbons (Fsp3) is 0.733. The van der Waals surface area contributed by atoms with Gasteiger partial charge >= 0.3 is 0 Å². The highest BCUT2D eigenvalue weighted by molar-refractivity contribution is 5.57.